The minimum absolute atomic E-state index is 0.421. The largest absolute Gasteiger partial charge is 0.497 e. The summed E-state index contributed by atoms with van der Waals surface area (Å²) < 4.78 is 46.9. The lowest BCUT2D eigenvalue weighted by molar-refractivity contribution is -0.137. The van der Waals surface area contributed by atoms with E-state index < -0.39 is 11.7 Å². The van der Waals surface area contributed by atoms with E-state index in [-0.39, 0.29) is 0 Å². The first kappa shape index (κ1) is 23.4. The van der Waals surface area contributed by atoms with Gasteiger partial charge in [0.25, 0.3) is 0 Å². The van der Waals surface area contributed by atoms with Crippen LogP contribution in [0.15, 0.2) is 66.9 Å². The Bertz CT molecular complexity index is 1040. The van der Waals surface area contributed by atoms with Gasteiger partial charge in [-0.2, -0.15) is 13.2 Å². The van der Waals surface area contributed by atoms with Gasteiger partial charge in [0.2, 0.25) is 0 Å². The maximum Gasteiger partial charge on any atom is 0.416 e. The number of aromatic nitrogens is 1. The first-order valence-corrected chi connectivity index (χ1v) is 11.6. The molecule has 0 bridgehead atoms. The van der Waals surface area contributed by atoms with Crippen LogP contribution < -0.4 is 4.74 Å². The van der Waals surface area contributed by atoms with Crippen molar-refractivity contribution in [3.05, 3.63) is 89.2 Å². The molecule has 3 nitrogen and oxygen atoms in total. The normalized spacial score (nSPS) is 15.2. The number of alkyl halides is 3. The van der Waals surface area contributed by atoms with Crippen LogP contribution in [0.1, 0.15) is 54.5 Å². The Hall–Kier alpha value is -2.73. The third-order valence-electron chi connectivity index (χ3n) is 6.51. The summed E-state index contributed by atoms with van der Waals surface area (Å²) in [5, 5.41) is 0. The van der Waals surface area contributed by atoms with Gasteiger partial charge in [-0.15, -0.1) is 0 Å². The molecular formula is C27H31F3N2O. The topological polar surface area (TPSA) is 17.4 Å². The van der Waals surface area contributed by atoms with Crippen molar-refractivity contribution in [2.45, 2.75) is 64.0 Å². The lowest BCUT2D eigenvalue weighted by atomic mass is 9.93. The van der Waals surface area contributed by atoms with E-state index in [0.717, 1.165) is 30.6 Å². The van der Waals surface area contributed by atoms with E-state index in [1.165, 1.54) is 49.8 Å². The van der Waals surface area contributed by atoms with E-state index in [1.54, 1.807) is 13.2 Å². The van der Waals surface area contributed by atoms with Crippen molar-refractivity contribution >= 4 is 0 Å². The summed E-state index contributed by atoms with van der Waals surface area (Å²) in [6.07, 6.45) is 3.76. The van der Waals surface area contributed by atoms with Gasteiger partial charge in [-0.25, -0.2) is 0 Å². The molecule has 0 radical (unpaired) electrons. The fourth-order valence-corrected chi connectivity index (χ4v) is 4.76. The molecule has 0 unspecified atom stereocenters. The predicted octanol–water partition coefficient (Wildman–Crippen LogP) is 6.90. The molecule has 1 aliphatic rings. The molecule has 0 atom stereocenters. The Morgan fingerprint density at radius 2 is 1.67 bits per heavy atom. The molecule has 2 aromatic carbocycles. The second-order valence-electron chi connectivity index (χ2n) is 8.87. The molecular weight excluding hydrogens is 425 g/mol. The van der Waals surface area contributed by atoms with Crippen molar-refractivity contribution in [3.8, 4) is 5.75 Å². The standard InChI is InChI=1S/C27H31F3N2O/c1-33-26-14-6-9-22(17-26)19-32(24-11-3-2-4-12-24)20-25-13-7-15-31(25)18-21-8-5-10-23(16-21)27(28,29)30/h5-10,13-17,24H,2-4,11-12,18-20H2,1H3. The summed E-state index contributed by atoms with van der Waals surface area (Å²) in [5.74, 6) is 0.851. The maximum absolute atomic E-state index is 13.1. The summed E-state index contributed by atoms with van der Waals surface area (Å²) in [6.45, 7) is 1.99. The zero-order valence-corrected chi connectivity index (χ0v) is 19.0. The van der Waals surface area contributed by atoms with Crippen LogP contribution in [0.2, 0.25) is 0 Å². The van der Waals surface area contributed by atoms with Crippen LogP contribution in [0.3, 0.4) is 0 Å². The van der Waals surface area contributed by atoms with Crippen molar-refractivity contribution in [3.63, 3.8) is 0 Å². The fraction of sp³-hybridized carbons (Fsp3) is 0.407. The monoisotopic (exact) mass is 456 g/mol. The molecule has 1 saturated carbocycles. The minimum atomic E-state index is -4.33. The summed E-state index contributed by atoms with van der Waals surface area (Å²) in [6, 6.07) is 18.4. The molecule has 33 heavy (non-hydrogen) atoms. The van der Waals surface area contributed by atoms with Crippen LogP contribution >= 0.6 is 0 Å². The molecule has 1 aliphatic carbocycles. The van der Waals surface area contributed by atoms with Crippen LogP contribution in [0.5, 0.6) is 5.75 Å². The first-order chi connectivity index (χ1) is 15.9. The number of ether oxygens (including phenoxy) is 1. The van der Waals surface area contributed by atoms with E-state index in [4.69, 9.17) is 4.74 Å². The molecule has 0 N–H and O–H groups in total. The number of nitrogens with zero attached hydrogens (tertiary/aromatic N) is 2. The van der Waals surface area contributed by atoms with Gasteiger partial charge in [0.15, 0.2) is 0 Å². The van der Waals surface area contributed by atoms with Crippen LogP contribution in [0, 0.1) is 0 Å². The number of benzene rings is 2. The van der Waals surface area contributed by atoms with Gasteiger partial charge in [0.1, 0.15) is 5.75 Å². The van der Waals surface area contributed by atoms with Crippen molar-refractivity contribution in [2.75, 3.05) is 7.11 Å². The van der Waals surface area contributed by atoms with Crippen LogP contribution in [0.4, 0.5) is 13.2 Å². The molecule has 176 valence electrons. The number of halogens is 3. The fourth-order valence-electron chi connectivity index (χ4n) is 4.76. The Morgan fingerprint density at radius 3 is 2.42 bits per heavy atom. The highest BCUT2D eigenvalue weighted by molar-refractivity contribution is 5.29. The van der Waals surface area contributed by atoms with E-state index >= 15 is 0 Å². The highest BCUT2D eigenvalue weighted by atomic mass is 19.4. The van der Waals surface area contributed by atoms with E-state index in [9.17, 15) is 13.2 Å². The molecule has 0 spiro atoms. The Labute approximate surface area is 193 Å². The van der Waals surface area contributed by atoms with Gasteiger partial charge in [0.05, 0.1) is 12.7 Å². The zero-order valence-electron chi connectivity index (χ0n) is 19.0. The van der Waals surface area contributed by atoms with Crippen LogP contribution in [-0.2, 0) is 25.8 Å². The van der Waals surface area contributed by atoms with Crippen molar-refractivity contribution in [2.24, 2.45) is 0 Å². The highest BCUT2D eigenvalue weighted by Gasteiger charge is 2.30. The Morgan fingerprint density at radius 1 is 0.909 bits per heavy atom. The number of hydrogen-bond acceptors (Lipinski definition) is 2. The zero-order chi connectivity index (χ0) is 23.3. The van der Waals surface area contributed by atoms with E-state index in [1.807, 2.05) is 24.4 Å². The lowest BCUT2D eigenvalue weighted by Crippen LogP contribution is -2.36. The molecule has 0 aliphatic heterocycles. The van der Waals surface area contributed by atoms with Gasteiger partial charge < -0.3 is 9.30 Å². The lowest BCUT2D eigenvalue weighted by Gasteiger charge is -2.34. The van der Waals surface area contributed by atoms with Crippen LogP contribution in [0.25, 0.3) is 0 Å². The number of rotatable bonds is 8. The SMILES string of the molecule is COc1cccc(CN(Cc2cccn2Cc2cccc(C(F)(F)F)c2)C2CCCCC2)c1. The summed E-state index contributed by atoms with van der Waals surface area (Å²) >= 11 is 0. The van der Waals surface area contributed by atoms with Gasteiger partial charge in [-0.3, -0.25) is 4.90 Å². The number of methoxy groups -OCH3 is 1. The van der Waals surface area contributed by atoms with Crippen molar-refractivity contribution in [1.29, 1.82) is 0 Å². The van der Waals surface area contributed by atoms with Crippen molar-refractivity contribution < 1.29 is 17.9 Å². The Kier molecular flexibility index (Phi) is 7.43. The average molecular weight is 457 g/mol. The Balaban J connectivity index is 1.54. The maximum atomic E-state index is 13.1. The molecule has 6 heteroatoms. The number of hydrogen-bond donors (Lipinski definition) is 0. The first-order valence-electron chi connectivity index (χ1n) is 11.6. The molecule has 1 fully saturated rings. The molecule has 1 aromatic heterocycles. The minimum Gasteiger partial charge on any atom is -0.497 e. The second-order valence-corrected chi connectivity index (χ2v) is 8.87. The highest BCUT2D eigenvalue weighted by Crippen LogP contribution is 2.30. The molecule has 4 rings (SSSR count). The van der Waals surface area contributed by atoms with Gasteiger partial charge >= 0.3 is 6.18 Å². The van der Waals surface area contributed by atoms with Gasteiger partial charge in [-0.1, -0.05) is 43.5 Å². The van der Waals surface area contributed by atoms with E-state index in [2.05, 4.69) is 27.7 Å². The third-order valence-corrected chi connectivity index (χ3v) is 6.51. The van der Waals surface area contributed by atoms with Crippen LogP contribution in [-0.4, -0.2) is 22.6 Å². The molecule has 0 amide bonds. The quantitative estimate of drug-likeness (QED) is 0.367. The predicted molar refractivity (Wildman–Crippen MR) is 124 cm³/mol. The molecule has 3 aromatic rings. The second kappa shape index (κ2) is 10.5. The summed E-state index contributed by atoms with van der Waals surface area (Å²) in [7, 11) is 1.68. The van der Waals surface area contributed by atoms with Gasteiger partial charge in [0, 0.05) is 37.6 Å². The summed E-state index contributed by atoms with van der Waals surface area (Å²) in [5.41, 5.74) is 2.37. The molecule has 1 heterocycles. The molecule has 0 saturated heterocycles. The smallest absolute Gasteiger partial charge is 0.416 e. The van der Waals surface area contributed by atoms with E-state index in [0.29, 0.717) is 18.2 Å². The van der Waals surface area contributed by atoms with Gasteiger partial charge in [-0.05, 0) is 60.4 Å². The van der Waals surface area contributed by atoms with Crippen molar-refractivity contribution in [1.82, 2.24) is 9.47 Å². The third kappa shape index (κ3) is 6.20. The average Bonchev–Trinajstić information content (AvgIpc) is 3.25. The summed E-state index contributed by atoms with van der Waals surface area (Å²) in [4.78, 5) is 2.52.